The average Bonchev–Trinajstić information content (AvgIpc) is 2.78. The molecule has 0 aliphatic heterocycles. The number of furan rings is 1. The first kappa shape index (κ1) is 12.5. The summed E-state index contributed by atoms with van der Waals surface area (Å²) < 4.78 is 6.01. The Hall–Kier alpha value is -1.95. The topological polar surface area (TPSA) is 73.3 Å². The van der Waals surface area contributed by atoms with E-state index in [0.717, 1.165) is 0 Å². The molecule has 0 aliphatic carbocycles. The molecule has 1 aromatic carbocycles. The van der Waals surface area contributed by atoms with Crippen molar-refractivity contribution < 1.29 is 14.1 Å². The molecule has 0 bridgehead atoms. The van der Waals surface area contributed by atoms with E-state index < -0.39 is 4.92 Å². The number of nitrogens with zero attached hydrogens (tertiary/aromatic N) is 1. The molecule has 0 atom stereocenters. The van der Waals surface area contributed by atoms with Crippen LogP contribution >= 0.6 is 15.9 Å². The summed E-state index contributed by atoms with van der Waals surface area (Å²) in [4.78, 5) is 21.4. The Morgan fingerprint density at radius 3 is 2.61 bits per heavy atom. The molecular weight excluding hydrogens is 302 g/mol. The van der Waals surface area contributed by atoms with Crippen molar-refractivity contribution in [3.8, 4) is 11.3 Å². The molecule has 0 amide bonds. The number of hydrogen-bond acceptors (Lipinski definition) is 4. The Morgan fingerprint density at radius 2 is 2.06 bits per heavy atom. The Balaban J connectivity index is 2.51. The fourth-order valence-corrected chi connectivity index (χ4v) is 1.93. The molecule has 1 heterocycles. The van der Waals surface area contributed by atoms with Gasteiger partial charge in [-0.15, -0.1) is 0 Å². The van der Waals surface area contributed by atoms with Crippen molar-refractivity contribution in [2.24, 2.45) is 0 Å². The summed E-state index contributed by atoms with van der Waals surface area (Å²) in [6.07, 6.45) is 0. The minimum atomic E-state index is -0.481. The zero-order chi connectivity index (χ0) is 13.3. The first-order chi connectivity index (χ1) is 8.49. The van der Waals surface area contributed by atoms with Crippen molar-refractivity contribution in [1.29, 1.82) is 0 Å². The van der Waals surface area contributed by atoms with Crippen molar-refractivity contribution >= 4 is 27.4 Å². The molecule has 1 aromatic heterocycles. The van der Waals surface area contributed by atoms with Gasteiger partial charge in [-0.2, -0.15) is 0 Å². The second-order valence-corrected chi connectivity index (χ2v) is 4.50. The third kappa shape index (κ3) is 2.33. The monoisotopic (exact) mass is 309 g/mol. The predicted octanol–water partition coefficient (Wildman–Crippen LogP) is 3.82. The van der Waals surface area contributed by atoms with Crippen molar-refractivity contribution in [3.05, 3.63) is 50.7 Å². The third-order valence-electron chi connectivity index (χ3n) is 2.38. The van der Waals surface area contributed by atoms with E-state index in [9.17, 15) is 14.9 Å². The minimum absolute atomic E-state index is 0.0334. The lowest BCUT2D eigenvalue weighted by Crippen LogP contribution is -1.89. The molecule has 18 heavy (non-hydrogen) atoms. The van der Waals surface area contributed by atoms with E-state index in [1.54, 1.807) is 18.2 Å². The first-order valence-electron chi connectivity index (χ1n) is 5.04. The number of hydrogen-bond donors (Lipinski definition) is 0. The molecule has 92 valence electrons. The standard InChI is InChI=1S/C12H8BrNO4/c1-7(15)11-4-5-12(18-11)9-6-8(14(16)17)2-3-10(9)13/h2-6H,1H3. The molecule has 0 saturated carbocycles. The van der Waals surface area contributed by atoms with Gasteiger partial charge in [0.15, 0.2) is 11.5 Å². The van der Waals surface area contributed by atoms with Gasteiger partial charge in [0, 0.05) is 29.1 Å². The van der Waals surface area contributed by atoms with Crippen LogP contribution in [0.1, 0.15) is 17.5 Å². The minimum Gasteiger partial charge on any atom is -0.453 e. The molecule has 0 unspecified atom stereocenters. The molecule has 6 heteroatoms. The fourth-order valence-electron chi connectivity index (χ4n) is 1.49. The maximum atomic E-state index is 11.1. The fraction of sp³-hybridized carbons (Fsp3) is 0.0833. The number of rotatable bonds is 3. The highest BCUT2D eigenvalue weighted by Gasteiger charge is 2.15. The maximum absolute atomic E-state index is 11.1. The van der Waals surface area contributed by atoms with Crippen LogP contribution in [0, 0.1) is 10.1 Å². The highest BCUT2D eigenvalue weighted by Crippen LogP contribution is 2.32. The third-order valence-corrected chi connectivity index (χ3v) is 3.07. The smallest absolute Gasteiger partial charge is 0.270 e. The molecular formula is C12H8BrNO4. The van der Waals surface area contributed by atoms with Crippen LogP contribution in [0.15, 0.2) is 39.2 Å². The molecule has 0 saturated heterocycles. The van der Waals surface area contributed by atoms with Crippen LogP contribution in [-0.4, -0.2) is 10.7 Å². The number of ketones is 1. The molecule has 2 rings (SSSR count). The average molecular weight is 310 g/mol. The first-order valence-corrected chi connectivity index (χ1v) is 5.83. The quantitative estimate of drug-likeness (QED) is 0.491. The SMILES string of the molecule is CC(=O)c1ccc(-c2cc([N+](=O)[O-])ccc2Br)o1. The lowest BCUT2D eigenvalue weighted by molar-refractivity contribution is -0.384. The predicted molar refractivity (Wildman–Crippen MR) is 68.5 cm³/mol. The Bertz CT molecular complexity index is 633. The van der Waals surface area contributed by atoms with Crippen LogP contribution in [0.25, 0.3) is 11.3 Å². The molecule has 2 aromatic rings. The zero-order valence-corrected chi connectivity index (χ0v) is 10.9. The van der Waals surface area contributed by atoms with E-state index in [2.05, 4.69) is 15.9 Å². The van der Waals surface area contributed by atoms with E-state index in [1.165, 1.54) is 19.1 Å². The van der Waals surface area contributed by atoms with Gasteiger partial charge in [0.05, 0.1) is 4.92 Å². The van der Waals surface area contributed by atoms with Crippen LogP contribution in [0.5, 0.6) is 0 Å². The van der Waals surface area contributed by atoms with Gasteiger partial charge in [-0.1, -0.05) is 15.9 Å². The molecule has 0 N–H and O–H groups in total. The largest absolute Gasteiger partial charge is 0.453 e. The second kappa shape index (κ2) is 4.73. The number of nitro benzene ring substituents is 1. The highest BCUT2D eigenvalue weighted by atomic mass is 79.9. The van der Waals surface area contributed by atoms with Gasteiger partial charge in [-0.3, -0.25) is 14.9 Å². The highest BCUT2D eigenvalue weighted by molar-refractivity contribution is 9.10. The summed E-state index contributed by atoms with van der Waals surface area (Å²) in [7, 11) is 0. The summed E-state index contributed by atoms with van der Waals surface area (Å²) in [5.41, 5.74) is 0.505. The van der Waals surface area contributed by atoms with Gasteiger partial charge in [0.25, 0.3) is 5.69 Å². The summed E-state index contributed by atoms with van der Waals surface area (Å²) in [5, 5.41) is 10.7. The summed E-state index contributed by atoms with van der Waals surface area (Å²) in [5.74, 6) is 0.446. The van der Waals surface area contributed by atoms with Crippen LogP contribution in [-0.2, 0) is 0 Å². The second-order valence-electron chi connectivity index (χ2n) is 3.64. The Kier molecular flexibility index (Phi) is 3.29. The van der Waals surface area contributed by atoms with Gasteiger partial charge in [0.1, 0.15) is 5.76 Å². The van der Waals surface area contributed by atoms with Crippen LogP contribution in [0.4, 0.5) is 5.69 Å². The van der Waals surface area contributed by atoms with Crippen LogP contribution < -0.4 is 0 Å². The van der Waals surface area contributed by atoms with E-state index in [0.29, 0.717) is 15.8 Å². The summed E-state index contributed by atoms with van der Waals surface area (Å²) in [6.45, 7) is 1.39. The van der Waals surface area contributed by atoms with Gasteiger partial charge in [-0.05, 0) is 18.2 Å². The van der Waals surface area contributed by atoms with Gasteiger partial charge < -0.3 is 4.42 Å². The molecule has 0 fully saturated rings. The molecule has 0 radical (unpaired) electrons. The maximum Gasteiger partial charge on any atom is 0.270 e. The number of non-ortho nitro benzene ring substituents is 1. The van der Waals surface area contributed by atoms with E-state index in [4.69, 9.17) is 4.42 Å². The Morgan fingerprint density at radius 1 is 1.33 bits per heavy atom. The van der Waals surface area contributed by atoms with Gasteiger partial charge >= 0.3 is 0 Å². The van der Waals surface area contributed by atoms with E-state index in [1.807, 2.05) is 0 Å². The van der Waals surface area contributed by atoms with Crippen molar-refractivity contribution in [2.75, 3.05) is 0 Å². The lowest BCUT2D eigenvalue weighted by atomic mass is 10.1. The Labute approximate surface area is 111 Å². The number of halogens is 1. The molecule has 0 aliphatic rings. The van der Waals surface area contributed by atoms with E-state index >= 15 is 0 Å². The number of benzene rings is 1. The lowest BCUT2D eigenvalue weighted by Gasteiger charge is -2.00. The molecule has 5 nitrogen and oxygen atoms in total. The molecule has 0 spiro atoms. The summed E-state index contributed by atoms with van der Waals surface area (Å²) in [6, 6.07) is 7.52. The van der Waals surface area contributed by atoms with Gasteiger partial charge in [0.2, 0.25) is 0 Å². The number of carbonyl (C=O) groups excluding carboxylic acids is 1. The number of nitro groups is 1. The van der Waals surface area contributed by atoms with E-state index in [-0.39, 0.29) is 17.2 Å². The van der Waals surface area contributed by atoms with Crippen molar-refractivity contribution in [1.82, 2.24) is 0 Å². The van der Waals surface area contributed by atoms with Crippen molar-refractivity contribution in [2.45, 2.75) is 6.92 Å². The number of Topliss-reactive ketones (excluding diaryl/α,β-unsaturated/α-hetero) is 1. The van der Waals surface area contributed by atoms with Crippen LogP contribution in [0.3, 0.4) is 0 Å². The number of carbonyl (C=O) groups is 1. The zero-order valence-electron chi connectivity index (χ0n) is 9.34. The summed E-state index contributed by atoms with van der Waals surface area (Å²) >= 11 is 3.30. The van der Waals surface area contributed by atoms with Gasteiger partial charge in [-0.25, -0.2) is 0 Å². The van der Waals surface area contributed by atoms with Crippen molar-refractivity contribution in [3.63, 3.8) is 0 Å². The normalized spacial score (nSPS) is 10.3. The van der Waals surface area contributed by atoms with Crippen LogP contribution in [0.2, 0.25) is 0 Å².